The third-order valence-corrected chi connectivity index (χ3v) is 10.6. The van der Waals surface area contributed by atoms with Gasteiger partial charge in [-0.1, -0.05) is 152 Å². The lowest BCUT2D eigenvalue weighted by Crippen LogP contribution is -1.88. The molecule has 1 heteroatoms. The highest BCUT2D eigenvalue weighted by molar-refractivity contribution is 6.25. The van der Waals surface area contributed by atoms with Crippen LogP contribution in [0.2, 0.25) is 0 Å². The molecule has 0 unspecified atom stereocenters. The van der Waals surface area contributed by atoms with Gasteiger partial charge in [0.05, 0.1) is 0 Å². The third-order valence-electron chi connectivity index (χ3n) is 10.6. The first-order valence-electron chi connectivity index (χ1n) is 16.9. The third kappa shape index (κ3) is 3.87. The number of rotatable bonds is 3. The highest BCUT2D eigenvalue weighted by Gasteiger charge is 2.19. The topological polar surface area (TPSA) is 13.1 Å². The second-order valence-corrected chi connectivity index (χ2v) is 13.2. The maximum absolute atomic E-state index is 6.85. The Bertz CT molecular complexity index is 3070. The molecule has 49 heavy (non-hydrogen) atoms. The molecule has 1 nitrogen and oxygen atoms in total. The van der Waals surface area contributed by atoms with E-state index in [-0.39, 0.29) is 0 Å². The molecule has 0 N–H and O–H groups in total. The molecule has 0 bridgehead atoms. The van der Waals surface area contributed by atoms with Crippen molar-refractivity contribution >= 4 is 75.8 Å². The van der Waals surface area contributed by atoms with Gasteiger partial charge in [0.25, 0.3) is 0 Å². The Balaban J connectivity index is 1.13. The van der Waals surface area contributed by atoms with Gasteiger partial charge in [0.1, 0.15) is 11.2 Å². The summed E-state index contributed by atoms with van der Waals surface area (Å²) in [6, 6.07) is 62.0. The summed E-state index contributed by atoms with van der Waals surface area (Å²) in [5.41, 5.74) is 8.95. The van der Waals surface area contributed by atoms with E-state index in [0.717, 1.165) is 27.5 Å². The van der Waals surface area contributed by atoms with Crippen molar-refractivity contribution < 1.29 is 4.42 Å². The van der Waals surface area contributed by atoms with Crippen molar-refractivity contribution in [3.8, 4) is 33.4 Å². The lowest BCUT2D eigenvalue weighted by Gasteiger charge is -2.15. The van der Waals surface area contributed by atoms with Crippen LogP contribution in [0.3, 0.4) is 0 Å². The maximum atomic E-state index is 6.85. The standard InChI is InChI=1S/C48H28O/c1-2-9-36-28-44-43(27-35(36)8-1)47-39(25-26-42(48(47)49-44)40-14-6-10-29-7-3-4-13-37(29)40)31-17-15-30(16-18-31)38-23-21-34-20-19-32-11-5-12-33-22-24-41(38)46(34)45(32)33/h1-28H. The maximum Gasteiger partial charge on any atom is 0.143 e. The molecule has 0 radical (unpaired) electrons. The van der Waals surface area contributed by atoms with Crippen LogP contribution in [0.25, 0.3) is 109 Å². The van der Waals surface area contributed by atoms with Gasteiger partial charge in [0.15, 0.2) is 0 Å². The van der Waals surface area contributed by atoms with Crippen LogP contribution in [0.15, 0.2) is 174 Å². The van der Waals surface area contributed by atoms with Crippen molar-refractivity contribution in [3.63, 3.8) is 0 Å². The minimum absolute atomic E-state index is 0.910. The van der Waals surface area contributed by atoms with E-state index in [1.807, 2.05) is 0 Å². The predicted molar refractivity (Wildman–Crippen MR) is 209 cm³/mol. The second kappa shape index (κ2) is 10.0. The zero-order valence-corrected chi connectivity index (χ0v) is 26.6. The summed E-state index contributed by atoms with van der Waals surface area (Å²) < 4.78 is 6.85. The summed E-state index contributed by atoms with van der Waals surface area (Å²) in [6.45, 7) is 0. The van der Waals surface area contributed by atoms with E-state index in [0.29, 0.717) is 0 Å². The van der Waals surface area contributed by atoms with Gasteiger partial charge in [-0.05, 0) is 99.9 Å². The summed E-state index contributed by atoms with van der Waals surface area (Å²) >= 11 is 0. The number of hydrogen-bond donors (Lipinski definition) is 0. The van der Waals surface area contributed by atoms with Gasteiger partial charge in [0, 0.05) is 16.3 Å². The van der Waals surface area contributed by atoms with E-state index in [1.165, 1.54) is 81.7 Å². The SMILES string of the molecule is c1ccc2cc3c(cc2c1)oc1c(-c2cccc4ccccc24)ccc(-c2ccc(-c4ccc5ccc6cccc7ccc4c5c67)cc2)c13. The molecule has 0 aliphatic heterocycles. The second-order valence-electron chi connectivity index (χ2n) is 13.2. The van der Waals surface area contributed by atoms with E-state index < -0.39 is 0 Å². The van der Waals surface area contributed by atoms with Crippen molar-refractivity contribution in [3.05, 3.63) is 170 Å². The summed E-state index contributed by atoms with van der Waals surface area (Å²) in [6.07, 6.45) is 0. The Morgan fingerprint density at radius 2 is 0.857 bits per heavy atom. The fourth-order valence-electron chi connectivity index (χ4n) is 8.29. The monoisotopic (exact) mass is 620 g/mol. The zero-order valence-electron chi connectivity index (χ0n) is 26.6. The van der Waals surface area contributed by atoms with Crippen LogP contribution in [-0.2, 0) is 0 Å². The lowest BCUT2D eigenvalue weighted by molar-refractivity contribution is 0.670. The quantitative estimate of drug-likeness (QED) is 0.179. The van der Waals surface area contributed by atoms with E-state index >= 15 is 0 Å². The molecular formula is C48H28O. The molecule has 0 saturated carbocycles. The lowest BCUT2D eigenvalue weighted by atomic mass is 9.89. The molecule has 11 rings (SSSR count). The van der Waals surface area contributed by atoms with Crippen LogP contribution in [0.4, 0.5) is 0 Å². The Morgan fingerprint density at radius 3 is 1.67 bits per heavy atom. The van der Waals surface area contributed by atoms with Crippen molar-refractivity contribution in [2.45, 2.75) is 0 Å². The van der Waals surface area contributed by atoms with E-state index in [9.17, 15) is 0 Å². The number of fused-ring (bicyclic) bond motifs is 5. The average molecular weight is 621 g/mol. The fraction of sp³-hybridized carbons (Fsp3) is 0. The Morgan fingerprint density at radius 1 is 0.286 bits per heavy atom. The molecule has 1 aromatic heterocycles. The first kappa shape index (κ1) is 26.6. The van der Waals surface area contributed by atoms with Gasteiger partial charge < -0.3 is 4.42 Å². The van der Waals surface area contributed by atoms with Crippen LogP contribution in [0.5, 0.6) is 0 Å². The summed E-state index contributed by atoms with van der Waals surface area (Å²) in [4.78, 5) is 0. The van der Waals surface area contributed by atoms with Crippen molar-refractivity contribution in [1.82, 2.24) is 0 Å². The highest BCUT2D eigenvalue weighted by Crippen LogP contribution is 2.45. The van der Waals surface area contributed by atoms with Crippen LogP contribution < -0.4 is 0 Å². The fourth-order valence-corrected chi connectivity index (χ4v) is 8.29. The van der Waals surface area contributed by atoms with E-state index in [1.54, 1.807) is 0 Å². The Labute approximate surface area is 282 Å². The van der Waals surface area contributed by atoms with Crippen LogP contribution in [-0.4, -0.2) is 0 Å². The largest absolute Gasteiger partial charge is 0.455 e. The van der Waals surface area contributed by atoms with E-state index in [4.69, 9.17) is 4.42 Å². The molecule has 10 aromatic carbocycles. The zero-order chi connectivity index (χ0) is 32.1. The van der Waals surface area contributed by atoms with Crippen LogP contribution in [0.1, 0.15) is 0 Å². The Kier molecular flexibility index (Phi) is 5.45. The average Bonchev–Trinajstić information content (AvgIpc) is 3.54. The van der Waals surface area contributed by atoms with Gasteiger partial charge in [-0.2, -0.15) is 0 Å². The summed E-state index contributed by atoms with van der Waals surface area (Å²) in [5, 5.41) is 15.0. The number of furan rings is 1. The van der Waals surface area contributed by atoms with Gasteiger partial charge in [-0.3, -0.25) is 0 Å². The minimum atomic E-state index is 0.910. The molecule has 0 saturated heterocycles. The normalized spacial score (nSPS) is 12.1. The molecule has 0 fully saturated rings. The number of benzene rings is 10. The smallest absolute Gasteiger partial charge is 0.143 e. The predicted octanol–water partition coefficient (Wildman–Crippen LogP) is 13.8. The van der Waals surface area contributed by atoms with Crippen molar-refractivity contribution in [2.75, 3.05) is 0 Å². The molecule has 0 aliphatic carbocycles. The molecular weight excluding hydrogens is 593 g/mol. The molecule has 226 valence electrons. The minimum Gasteiger partial charge on any atom is -0.455 e. The van der Waals surface area contributed by atoms with Gasteiger partial charge >= 0.3 is 0 Å². The molecule has 11 aromatic rings. The highest BCUT2D eigenvalue weighted by atomic mass is 16.3. The molecule has 0 atom stereocenters. The van der Waals surface area contributed by atoms with Gasteiger partial charge in [0.2, 0.25) is 0 Å². The van der Waals surface area contributed by atoms with Gasteiger partial charge in [-0.25, -0.2) is 0 Å². The first-order chi connectivity index (χ1) is 24.3. The Hall–Kier alpha value is -6.44. The van der Waals surface area contributed by atoms with Gasteiger partial charge in [-0.15, -0.1) is 0 Å². The van der Waals surface area contributed by atoms with Crippen LogP contribution in [0, 0.1) is 0 Å². The molecule has 0 aliphatic rings. The summed E-state index contributed by atoms with van der Waals surface area (Å²) in [7, 11) is 0. The van der Waals surface area contributed by atoms with Crippen LogP contribution >= 0.6 is 0 Å². The number of hydrogen-bond acceptors (Lipinski definition) is 1. The van der Waals surface area contributed by atoms with Crippen molar-refractivity contribution in [2.24, 2.45) is 0 Å². The first-order valence-corrected chi connectivity index (χ1v) is 16.9. The van der Waals surface area contributed by atoms with E-state index in [2.05, 4.69) is 170 Å². The van der Waals surface area contributed by atoms with Crippen molar-refractivity contribution in [1.29, 1.82) is 0 Å². The molecule has 1 heterocycles. The molecule has 0 amide bonds. The summed E-state index contributed by atoms with van der Waals surface area (Å²) in [5.74, 6) is 0. The molecule has 0 spiro atoms.